The third-order valence-corrected chi connectivity index (χ3v) is 5.52. The zero-order chi connectivity index (χ0) is 19.6. The first-order valence-electron chi connectivity index (χ1n) is 8.78. The summed E-state index contributed by atoms with van der Waals surface area (Å²) < 4.78 is 27.1. The molecule has 0 aliphatic carbocycles. The number of unbranched alkanes of at least 4 members (excludes halogenated alkanes) is 3. The summed E-state index contributed by atoms with van der Waals surface area (Å²) in [5.41, 5.74) is 1.52. The maximum Gasteiger partial charge on any atom is 0.303 e. The second-order valence-corrected chi connectivity index (χ2v) is 8.06. The molecule has 8 heteroatoms. The maximum atomic E-state index is 12.3. The number of carbonyl (C=O) groups is 2. The van der Waals surface area contributed by atoms with Crippen LogP contribution in [0.3, 0.4) is 0 Å². The maximum absolute atomic E-state index is 12.3. The molecule has 0 aromatic heterocycles. The molecule has 0 fully saturated rings. The Morgan fingerprint density at radius 1 is 1.00 bits per heavy atom. The van der Waals surface area contributed by atoms with E-state index in [1.54, 1.807) is 19.1 Å². The fourth-order valence-corrected chi connectivity index (χ4v) is 3.80. The van der Waals surface area contributed by atoms with Crippen molar-refractivity contribution in [1.82, 2.24) is 10.0 Å². The Labute approximate surface area is 155 Å². The zero-order valence-corrected chi connectivity index (χ0v) is 16.2. The van der Waals surface area contributed by atoms with E-state index in [-0.39, 0.29) is 30.2 Å². The number of nitrogens with one attached hydrogen (secondary N) is 2. The molecular formula is C18H28N2O5S. The minimum Gasteiger partial charge on any atom is -0.481 e. The van der Waals surface area contributed by atoms with Crippen molar-refractivity contribution in [3.8, 4) is 0 Å². The van der Waals surface area contributed by atoms with E-state index < -0.39 is 16.0 Å². The molecule has 1 aromatic carbocycles. The lowest BCUT2D eigenvalue weighted by atomic mass is 10.1. The van der Waals surface area contributed by atoms with E-state index in [4.69, 9.17) is 5.11 Å². The number of amides is 1. The van der Waals surface area contributed by atoms with E-state index in [1.165, 1.54) is 0 Å². The van der Waals surface area contributed by atoms with Gasteiger partial charge in [0, 0.05) is 25.9 Å². The molecule has 0 saturated carbocycles. The number of hydrogen-bond donors (Lipinski definition) is 3. The van der Waals surface area contributed by atoms with E-state index in [0.29, 0.717) is 18.5 Å². The molecule has 1 rings (SSSR count). The molecule has 3 N–H and O–H groups in total. The predicted octanol–water partition coefficient (Wildman–Crippen LogP) is 2.12. The van der Waals surface area contributed by atoms with Crippen LogP contribution in [0.5, 0.6) is 0 Å². The summed E-state index contributed by atoms with van der Waals surface area (Å²) in [5, 5.41) is 11.3. The largest absolute Gasteiger partial charge is 0.481 e. The molecule has 0 spiro atoms. The topological polar surface area (TPSA) is 113 Å². The molecule has 0 atom stereocenters. The SMILES string of the molecule is Cc1ccc(C)c(S(=O)(=O)NCCC(=O)NCCCCCCC(=O)O)c1. The van der Waals surface area contributed by atoms with Crippen LogP contribution in [0.15, 0.2) is 23.1 Å². The van der Waals surface area contributed by atoms with Gasteiger partial charge in [-0.15, -0.1) is 0 Å². The molecule has 146 valence electrons. The quantitative estimate of drug-likeness (QED) is 0.478. The average molecular weight is 384 g/mol. The Bertz CT molecular complexity index is 716. The number of hydrogen-bond acceptors (Lipinski definition) is 4. The smallest absolute Gasteiger partial charge is 0.303 e. The van der Waals surface area contributed by atoms with Crippen LogP contribution in [-0.2, 0) is 19.6 Å². The standard InChI is InChI=1S/C18H28N2O5S/c1-14-8-9-15(2)16(13-14)26(24,25)20-12-10-17(21)19-11-6-4-3-5-7-18(22)23/h8-9,13,20H,3-7,10-12H2,1-2H3,(H,19,21)(H,22,23). The monoisotopic (exact) mass is 384 g/mol. The summed E-state index contributed by atoms with van der Waals surface area (Å²) in [6.45, 7) is 4.11. The van der Waals surface area contributed by atoms with E-state index in [2.05, 4.69) is 10.0 Å². The number of aryl methyl sites for hydroxylation is 2. The van der Waals surface area contributed by atoms with Gasteiger partial charge in [0.2, 0.25) is 15.9 Å². The second-order valence-electron chi connectivity index (χ2n) is 6.32. The van der Waals surface area contributed by atoms with Crippen LogP contribution in [0, 0.1) is 13.8 Å². The van der Waals surface area contributed by atoms with Crippen LogP contribution < -0.4 is 10.0 Å². The number of carboxylic acid groups (broad SMARTS) is 1. The number of benzene rings is 1. The first-order chi connectivity index (χ1) is 12.2. The summed E-state index contributed by atoms with van der Waals surface area (Å²) >= 11 is 0. The zero-order valence-electron chi connectivity index (χ0n) is 15.4. The van der Waals surface area contributed by atoms with Gasteiger partial charge in [-0.25, -0.2) is 13.1 Å². The molecular weight excluding hydrogens is 356 g/mol. The highest BCUT2D eigenvalue weighted by molar-refractivity contribution is 7.89. The third-order valence-electron chi connectivity index (χ3n) is 3.92. The Hall–Kier alpha value is -1.93. The van der Waals surface area contributed by atoms with Gasteiger partial charge in [0.1, 0.15) is 0 Å². The van der Waals surface area contributed by atoms with Crippen LogP contribution in [0.1, 0.15) is 49.7 Å². The van der Waals surface area contributed by atoms with Crippen molar-refractivity contribution in [2.75, 3.05) is 13.1 Å². The molecule has 1 aromatic rings. The number of aliphatic carboxylic acids is 1. The molecule has 26 heavy (non-hydrogen) atoms. The van der Waals surface area contributed by atoms with E-state index in [0.717, 1.165) is 24.8 Å². The summed E-state index contributed by atoms with van der Waals surface area (Å²) in [6, 6.07) is 5.22. The molecule has 7 nitrogen and oxygen atoms in total. The van der Waals surface area contributed by atoms with Gasteiger partial charge in [-0.1, -0.05) is 25.0 Å². The molecule has 0 bridgehead atoms. The van der Waals surface area contributed by atoms with Gasteiger partial charge >= 0.3 is 5.97 Å². The van der Waals surface area contributed by atoms with Crippen molar-refractivity contribution < 1.29 is 23.1 Å². The van der Waals surface area contributed by atoms with Gasteiger partial charge in [-0.2, -0.15) is 0 Å². The van der Waals surface area contributed by atoms with Crippen molar-refractivity contribution in [3.05, 3.63) is 29.3 Å². The van der Waals surface area contributed by atoms with Gasteiger partial charge in [0.25, 0.3) is 0 Å². The molecule has 0 aliphatic rings. The lowest BCUT2D eigenvalue weighted by Gasteiger charge is -2.10. The highest BCUT2D eigenvalue weighted by atomic mass is 32.2. The second kappa shape index (κ2) is 10.9. The van der Waals surface area contributed by atoms with E-state index >= 15 is 0 Å². The Morgan fingerprint density at radius 3 is 2.38 bits per heavy atom. The summed E-state index contributed by atoms with van der Waals surface area (Å²) in [7, 11) is -3.63. The minimum absolute atomic E-state index is 0.0418. The van der Waals surface area contributed by atoms with Crippen LogP contribution in [0.2, 0.25) is 0 Å². The minimum atomic E-state index is -3.63. The molecule has 0 saturated heterocycles. The van der Waals surface area contributed by atoms with Crippen LogP contribution >= 0.6 is 0 Å². The number of rotatable bonds is 12. The van der Waals surface area contributed by atoms with Crippen molar-refractivity contribution in [3.63, 3.8) is 0 Å². The highest BCUT2D eigenvalue weighted by Crippen LogP contribution is 2.16. The Kier molecular flexibility index (Phi) is 9.29. The normalized spacial score (nSPS) is 11.3. The van der Waals surface area contributed by atoms with Gasteiger partial charge in [-0.05, 0) is 43.9 Å². The van der Waals surface area contributed by atoms with Crippen molar-refractivity contribution in [2.24, 2.45) is 0 Å². The van der Waals surface area contributed by atoms with Crippen LogP contribution in [0.25, 0.3) is 0 Å². The fraction of sp³-hybridized carbons (Fsp3) is 0.556. The molecule has 0 heterocycles. The first-order valence-corrected chi connectivity index (χ1v) is 10.3. The van der Waals surface area contributed by atoms with Crippen molar-refractivity contribution in [1.29, 1.82) is 0 Å². The van der Waals surface area contributed by atoms with Crippen LogP contribution in [-0.4, -0.2) is 38.5 Å². The first kappa shape index (κ1) is 22.1. The third kappa shape index (κ3) is 8.44. The highest BCUT2D eigenvalue weighted by Gasteiger charge is 2.16. The number of carbonyl (C=O) groups excluding carboxylic acids is 1. The van der Waals surface area contributed by atoms with Gasteiger partial charge in [0.15, 0.2) is 0 Å². The van der Waals surface area contributed by atoms with Gasteiger partial charge < -0.3 is 10.4 Å². The lowest BCUT2D eigenvalue weighted by Crippen LogP contribution is -2.31. The van der Waals surface area contributed by atoms with E-state index in [1.807, 2.05) is 13.0 Å². The summed E-state index contributed by atoms with van der Waals surface area (Å²) in [5.74, 6) is -0.999. The van der Waals surface area contributed by atoms with Gasteiger partial charge in [-0.3, -0.25) is 9.59 Å². The number of carboxylic acids is 1. The average Bonchev–Trinajstić information content (AvgIpc) is 2.55. The molecule has 0 radical (unpaired) electrons. The fourth-order valence-electron chi connectivity index (χ4n) is 2.44. The Balaban J connectivity index is 2.25. The number of sulfonamides is 1. The summed E-state index contributed by atoms with van der Waals surface area (Å²) in [6.07, 6.45) is 3.34. The predicted molar refractivity (Wildman–Crippen MR) is 99.5 cm³/mol. The van der Waals surface area contributed by atoms with Crippen molar-refractivity contribution in [2.45, 2.75) is 57.3 Å². The van der Waals surface area contributed by atoms with E-state index in [9.17, 15) is 18.0 Å². The molecule has 1 amide bonds. The van der Waals surface area contributed by atoms with Crippen LogP contribution in [0.4, 0.5) is 0 Å². The lowest BCUT2D eigenvalue weighted by molar-refractivity contribution is -0.137. The molecule has 0 unspecified atom stereocenters. The van der Waals surface area contributed by atoms with Gasteiger partial charge in [0.05, 0.1) is 4.90 Å². The Morgan fingerprint density at radius 2 is 1.69 bits per heavy atom. The molecule has 0 aliphatic heterocycles. The van der Waals surface area contributed by atoms with Crippen molar-refractivity contribution >= 4 is 21.9 Å². The summed E-state index contributed by atoms with van der Waals surface area (Å²) in [4.78, 5) is 22.3.